The number of hydrogen-bond acceptors (Lipinski definition) is 15. The minimum absolute atomic E-state index is 0.0367. The molecule has 236 valence electrons. The van der Waals surface area contributed by atoms with E-state index in [4.69, 9.17) is 28.4 Å². The molecule has 42 heavy (non-hydrogen) atoms. The molecule has 3 atom stereocenters. The Hall–Kier alpha value is -3.50. The van der Waals surface area contributed by atoms with Crippen LogP contribution in [0.1, 0.15) is 41.5 Å². The highest BCUT2D eigenvalue weighted by atomic mass is 32.1. The van der Waals surface area contributed by atoms with Crippen LogP contribution in [0.3, 0.4) is 0 Å². The van der Waals surface area contributed by atoms with Gasteiger partial charge in [0.1, 0.15) is 18.5 Å². The number of aliphatic hydroxyl groups excluding tert-OH is 1. The summed E-state index contributed by atoms with van der Waals surface area (Å²) in [7, 11) is 0. The van der Waals surface area contributed by atoms with Crippen LogP contribution in [0.4, 0.5) is 5.82 Å². The van der Waals surface area contributed by atoms with Gasteiger partial charge in [-0.15, -0.1) is 4.37 Å². The molecule has 1 aliphatic rings. The number of aliphatic hydroxyl groups is 1. The summed E-state index contributed by atoms with van der Waals surface area (Å²) in [5, 5.41) is 9.31. The zero-order valence-corrected chi connectivity index (χ0v) is 25.6. The summed E-state index contributed by atoms with van der Waals surface area (Å²) < 4.78 is 40.7. The number of anilines is 1. The van der Waals surface area contributed by atoms with Gasteiger partial charge < -0.3 is 43.3 Å². The fourth-order valence-electron chi connectivity index (χ4n) is 3.55. The average molecular weight is 617 g/mol. The summed E-state index contributed by atoms with van der Waals surface area (Å²) in [6.07, 6.45) is -3.28. The Morgan fingerprint density at radius 1 is 1.10 bits per heavy atom. The second-order valence-corrected chi connectivity index (χ2v) is 10.9. The Morgan fingerprint density at radius 3 is 2.36 bits per heavy atom. The van der Waals surface area contributed by atoms with Crippen molar-refractivity contribution in [3.05, 3.63) is 12.3 Å². The number of ether oxygens (including phenoxy) is 6. The minimum Gasteiger partial charge on any atom is -0.483 e. The molecule has 1 aromatic rings. The van der Waals surface area contributed by atoms with Gasteiger partial charge in [0.25, 0.3) is 11.8 Å². The average Bonchev–Trinajstić information content (AvgIpc) is 3.40. The van der Waals surface area contributed by atoms with Crippen LogP contribution in [0.15, 0.2) is 12.3 Å². The van der Waals surface area contributed by atoms with Crippen LogP contribution in [0.2, 0.25) is 0 Å². The quantitative estimate of drug-likeness (QED) is 0.165. The first kappa shape index (κ1) is 34.7. The molecular weight excluding hydrogens is 576 g/mol. The van der Waals surface area contributed by atoms with E-state index in [0.717, 1.165) is 11.7 Å². The summed E-state index contributed by atoms with van der Waals surface area (Å²) in [5.74, 6) is -2.06. The lowest BCUT2D eigenvalue weighted by molar-refractivity contribution is -0.162. The SMILES string of the molecule is C=C(OCC(=O)O[C@H](COc1nsnc1N1CCOCC1)CN(C(=O)COC(C)=O)C(C)(C)C)C(C)OC(=O)C(C)O. The van der Waals surface area contributed by atoms with Gasteiger partial charge in [-0.2, -0.15) is 4.37 Å². The molecule has 0 radical (unpaired) electrons. The highest BCUT2D eigenvalue weighted by molar-refractivity contribution is 6.99. The van der Waals surface area contributed by atoms with Crippen molar-refractivity contribution in [2.75, 3.05) is 57.6 Å². The lowest BCUT2D eigenvalue weighted by Crippen LogP contribution is -2.52. The zero-order chi connectivity index (χ0) is 31.4. The van der Waals surface area contributed by atoms with Crippen LogP contribution in [-0.4, -0.2) is 119 Å². The topological polar surface area (TPSA) is 176 Å². The van der Waals surface area contributed by atoms with E-state index in [1.165, 1.54) is 25.7 Å². The van der Waals surface area contributed by atoms with Gasteiger partial charge in [0.05, 0.1) is 31.5 Å². The Bertz CT molecular complexity index is 1080. The molecular formula is C26H40N4O11S. The first-order valence-electron chi connectivity index (χ1n) is 13.3. The van der Waals surface area contributed by atoms with Gasteiger partial charge >= 0.3 is 17.9 Å². The maximum atomic E-state index is 13.0. The number of amides is 1. The summed E-state index contributed by atoms with van der Waals surface area (Å²) in [6, 6.07) is 0. The Morgan fingerprint density at radius 2 is 1.76 bits per heavy atom. The number of rotatable bonds is 15. The van der Waals surface area contributed by atoms with Crippen molar-refractivity contribution in [1.82, 2.24) is 13.6 Å². The number of esters is 3. The van der Waals surface area contributed by atoms with Crippen molar-refractivity contribution in [2.45, 2.75) is 65.4 Å². The summed E-state index contributed by atoms with van der Waals surface area (Å²) >= 11 is 0.968. The van der Waals surface area contributed by atoms with Crippen molar-refractivity contribution in [1.29, 1.82) is 0 Å². The molecule has 2 rings (SSSR count). The van der Waals surface area contributed by atoms with Crippen LogP contribution in [-0.2, 0) is 42.9 Å². The Labute approximate surface area is 248 Å². The lowest BCUT2D eigenvalue weighted by Gasteiger charge is -2.37. The molecule has 1 aliphatic heterocycles. The number of carbonyl (C=O) groups excluding carboxylic acids is 4. The molecule has 0 aliphatic carbocycles. The molecule has 0 aromatic carbocycles. The molecule has 0 bridgehead atoms. The fraction of sp³-hybridized carbons (Fsp3) is 0.692. The second-order valence-electron chi connectivity index (χ2n) is 10.4. The highest BCUT2D eigenvalue weighted by Crippen LogP contribution is 2.27. The Balaban J connectivity index is 2.13. The van der Waals surface area contributed by atoms with Crippen molar-refractivity contribution in [2.24, 2.45) is 0 Å². The summed E-state index contributed by atoms with van der Waals surface area (Å²) in [4.78, 5) is 52.0. The van der Waals surface area contributed by atoms with Gasteiger partial charge in [0.15, 0.2) is 25.4 Å². The molecule has 16 heteroatoms. The smallest absolute Gasteiger partial charge is 0.344 e. The monoisotopic (exact) mass is 616 g/mol. The van der Waals surface area contributed by atoms with Crippen LogP contribution >= 0.6 is 11.7 Å². The van der Waals surface area contributed by atoms with E-state index in [0.29, 0.717) is 32.1 Å². The van der Waals surface area contributed by atoms with E-state index in [9.17, 15) is 24.3 Å². The number of aromatic nitrogens is 2. The second kappa shape index (κ2) is 16.2. The van der Waals surface area contributed by atoms with Crippen LogP contribution in [0.5, 0.6) is 5.88 Å². The Kier molecular flexibility index (Phi) is 13.4. The molecule has 1 saturated heterocycles. The largest absolute Gasteiger partial charge is 0.483 e. The molecule has 0 spiro atoms. The standard InChI is InChI=1S/C26H40N4O11S/c1-16(31)25(35)40-18(3)17(2)37-15-22(34)41-20(12-30(26(5,6)7)21(33)14-38-19(4)32)13-39-24-23(27-42-28-24)29-8-10-36-11-9-29/h16,18,20,31H,2,8-15H2,1,3-7H3/t16?,18?,20-/m0/s1. The van der Waals surface area contributed by atoms with Gasteiger partial charge in [0.2, 0.25) is 5.82 Å². The van der Waals surface area contributed by atoms with Crippen molar-refractivity contribution >= 4 is 41.4 Å². The number of hydrogen-bond donors (Lipinski definition) is 1. The van der Waals surface area contributed by atoms with Crippen LogP contribution < -0.4 is 9.64 Å². The predicted molar refractivity (Wildman–Crippen MR) is 149 cm³/mol. The molecule has 2 unspecified atom stereocenters. The van der Waals surface area contributed by atoms with E-state index in [1.807, 2.05) is 4.90 Å². The molecule has 1 aromatic heterocycles. The third-order valence-corrected chi connectivity index (χ3v) is 6.32. The molecule has 2 heterocycles. The van der Waals surface area contributed by atoms with E-state index in [2.05, 4.69) is 15.3 Å². The van der Waals surface area contributed by atoms with Crippen LogP contribution in [0, 0.1) is 0 Å². The number of nitrogens with zero attached hydrogens (tertiary/aromatic N) is 4. The van der Waals surface area contributed by atoms with Gasteiger partial charge in [-0.05, 0) is 34.6 Å². The van der Waals surface area contributed by atoms with E-state index >= 15 is 0 Å². The van der Waals surface area contributed by atoms with Gasteiger partial charge in [0, 0.05) is 25.6 Å². The molecule has 1 amide bonds. The van der Waals surface area contributed by atoms with Gasteiger partial charge in [-0.1, -0.05) is 6.58 Å². The first-order valence-corrected chi connectivity index (χ1v) is 14.0. The summed E-state index contributed by atoms with van der Waals surface area (Å²) in [5.41, 5.74) is -0.739. The zero-order valence-electron chi connectivity index (χ0n) is 24.8. The molecule has 0 saturated carbocycles. The van der Waals surface area contributed by atoms with Crippen molar-refractivity contribution in [3.8, 4) is 5.88 Å². The van der Waals surface area contributed by atoms with Gasteiger partial charge in [-0.25, -0.2) is 9.59 Å². The van der Waals surface area contributed by atoms with E-state index in [1.54, 1.807) is 20.8 Å². The predicted octanol–water partition coefficient (Wildman–Crippen LogP) is 0.698. The molecule has 1 fully saturated rings. The third kappa shape index (κ3) is 11.4. The number of morpholine rings is 1. The lowest BCUT2D eigenvalue weighted by atomic mass is 10.1. The fourth-order valence-corrected chi connectivity index (χ4v) is 4.07. The molecule has 15 nitrogen and oxygen atoms in total. The highest BCUT2D eigenvalue weighted by Gasteiger charge is 2.32. The van der Waals surface area contributed by atoms with Crippen molar-refractivity contribution in [3.63, 3.8) is 0 Å². The summed E-state index contributed by atoms with van der Waals surface area (Å²) in [6.45, 7) is 13.8. The van der Waals surface area contributed by atoms with Crippen LogP contribution in [0.25, 0.3) is 0 Å². The molecule has 1 N–H and O–H groups in total. The first-order chi connectivity index (χ1) is 19.7. The normalized spacial score (nSPS) is 15.5. The van der Waals surface area contributed by atoms with Gasteiger partial charge in [-0.3, -0.25) is 9.59 Å². The van der Waals surface area contributed by atoms with Crippen molar-refractivity contribution < 1.29 is 52.7 Å². The number of carbonyl (C=O) groups is 4. The maximum absolute atomic E-state index is 13.0. The van der Waals surface area contributed by atoms with E-state index < -0.39 is 60.9 Å². The maximum Gasteiger partial charge on any atom is 0.344 e. The minimum atomic E-state index is -1.34. The third-order valence-electron chi connectivity index (χ3n) is 5.82. The van der Waals surface area contributed by atoms with E-state index in [-0.39, 0.29) is 24.8 Å².